The maximum absolute atomic E-state index is 12.0. The van der Waals surface area contributed by atoms with Crippen LogP contribution in [0.4, 0.5) is 5.69 Å². The Labute approximate surface area is 123 Å². The maximum Gasteiger partial charge on any atom is 0.341 e. The zero-order valence-corrected chi connectivity index (χ0v) is 12.5. The van der Waals surface area contributed by atoms with Crippen LogP contribution in [0.1, 0.15) is 17.3 Å². The Bertz CT molecular complexity index is 670. The van der Waals surface area contributed by atoms with Gasteiger partial charge in [-0.3, -0.25) is 4.98 Å². The van der Waals surface area contributed by atoms with Gasteiger partial charge in [-0.1, -0.05) is 0 Å². The van der Waals surface area contributed by atoms with Crippen LogP contribution in [0.5, 0.6) is 11.5 Å². The monoisotopic (exact) mass is 290 g/mol. The highest BCUT2D eigenvalue weighted by atomic mass is 16.5. The SMILES string of the molecule is CCOC(=O)c1cnc2c(OC)cc(OC)cc2c1NC. The van der Waals surface area contributed by atoms with E-state index in [1.807, 2.05) is 0 Å². The number of nitrogens with one attached hydrogen (secondary N) is 1. The summed E-state index contributed by atoms with van der Waals surface area (Å²) in [5.74, 6) is 0.785. The van der Waals surface area contributed by atoms with Crippen LogP contribution in [0.25, 0.3) is 10.9 Å². The fraction of sp³-hybridized carbons (Fsp3) is 0.333. The highest BCUT2D eigenvalue weighted by Crippen LogP contribution is 2.35. The highest BCUT2D eigenvalue weighted by Gasteiger charge is 2.18. The molecule has 0 aliphatic rings. The van der Waals surface area contributed by atoms with Crippen LogP contribution in [0, 0.1) is 0 Å². The summed E-state index contributed by atoms with van der Waals surface area (Å²) < 4.78 is 15.6. The fourth-order valence-electron chi connectivity index (χ4n) is 2.15. The molecule has 1 aromatic heterocycles. The highest BCUT2D eigenvalue weighted by molar-refractivity contribution is 6.06. The summed E-state index contributed by atoms with van der Waals surface area (Å²) in [7, 11) is 4.87. The van der Waals surface area contributed by atoms with Gasteiger partial charge in [0.05, 0.1) is 26.5 Å². The van der Waals surface area contributed by atoms with Gasteiger partial charge >= 0.3 is 5.97 Å². The molecule has 0 aliphatic heterocycles. The van der Waals surface area contributed by atoms with Crippen molar-refractivity contribution in [2.24, 2.45) is 0 Å². The lowest BCUT2D eigenvalue weighted by Gasteiger charge is -2.14. The molecule has 6 heteroatoms. The fourth-order valence-corrected chi connectivity index (χ4v) is 2.15. The molecule has 0 spiro atoms. The number of benzene rings is 1. The number of nitrogens with zero attached hydrogens (tertiary/aromatic N) is 1. The van der Waals surface area contributed by atoms with Crippen LogP contribution < -0.4 is 14.8 Å². The van der Waals surface area contributed by atoms with Gasteiger partial charge in [0.2, 0.25) is 0 Å². The van der Waals surface area contributed by atoms with Gasteiger partial charge in [0.15, 0.2) is 0 Å². The molecule has 0 amide bonds. The predicted molar refractivity (Wildman–Crippen MR) is 80.4 cm³/mol. The van der Waals surface area contributed by atoms with Gasteiger partial charge in [0, 0.05) is 24.7 Å². The third-order valence-corrected chi connectivity index (χ3v) is 3.11. The molecule has 0 saturated heterocycles. The molecule has 2 rings (SSSR count). The number of hydrogen-bond acceptors (Lipinski definition) is 6. The van der Waals surface area contributed by atoms with Crippen molar-refractivity contribution in [2.45, 2.75) is 6.92 Å². The molecule has 0 radical (unpaired) electrons. The van der Waals surface area contributed by atoms with Gasteiger partial charge in [0.1, 0.15) is 22.6 Å². The number of carbonyl (C=O) groups is 1. The molecular weight excluding hydrogens is 272 g/mol. The van der Waals surface area contributed by atoms with Crippen molar-refractivity contribution >= 4 is 22.6 Å². The maximum atomic E-state index is 12.0. The van der Waals surface area contributed by atoms with E-state index in [0.29, 0.717) is 34.9 Å². The topological polar surface area (TPSA) is 69.7 Å². The smallest absolute Gasteiger partial charge is 0.341 e. The quantitative estimate of drug-likeness (QED) is 0.853. The molecule has 1 heterocycles. The molecule has 0 unspecified atom stereocenters. The molecule has 0 bridgehead atoms. The van der Waals surface area contributed by atoms with Gasteiger partial charge in [0.25, 0.3) is 0 Å². The largest absolute Gasteiger partial charge is 0.497 e. The van der Waals surface area contributed by atoms with Crippen LogP contribution in [0.15, 0.2) is 18.3 Å². The van der Waals surface area contributed by atoms with E-state index in [1.165, 1.54) is 6.20 Å². The first-order valence-electron chi connectivity index (χ1n) is 6.55. The summed E-state index contributed by atoms with van der Waals surface area (Å²) in [5.41, 5.74) is 1.66. The Kier molecular flexibility index (Phi) is 4.47. The Morgan fingerprint density at radius 2 is 2.05 bits per heavy atom. The number of pyridine rings is 1. The summed E-state index contributed by atoms with van der Waals surface area (Å²) in [5, 5.41) is 3.76. The summed E-state index contributed by atoms with van der Waals surface area (Å²) in [6, 6.07) is 3.55. The molecule has 0 fully saturated rings. The minimum absolute atomic E-state index is 0.307. The number of fused-ring (bicyclic) bond motifs is 1. The molecule has 0 saturated carbocycles. The lowest BCUT2D eigenvalue weighted by atomic mass is 10.1. The third-order valence-electron chi connectivity index (χ3n) is 3.11. The van der Waals surface area contributed by atoms with Gasteiger partial charge in [-0.25, -0.2) is 4.79 Å². The Morgan fingerprint density at radius 1 is 1.29 bits per heavy atom. The van der Waals surface area contributed by atoms with E-state index in [4.69, 9.17) is 14.2 Å². The van der Waals surface area contributed by atoms with Crippen molar-refractivity contribution in [1.29, 1.82) is 0 Å². The van der Waals surface area contributed by atoms with Gasteiger partial charge in [-0.15, -0.1) is 0 Å². The van der Waals surface area contributed by atoms with Crippen LogP contribution in [-0.2, 0) is 4.74 Å². The molecular formula is C15H18N2O4. The lowest BCUT2D eigenvalue weighted by molar-refractivity contribution is 0.0527. The molecule has 1 aromatic carbocycles. The van der Waals surface area contributed by atoms with Gasteiger partial charge in [-0.05, 0) is 13.0 Å². The summed E-state index contributed by atoms with van der Waals surface area (Å²) in [6.07, 6.45) is 1.49. The third kappa shape index (κ3) is 2.69. The van der Waals surface area contributed by atoms with E-state index in [2.05, 4.69) is 10.3 Å². The van der Waals surface area contributed by atoms with E-state index in [1.54, 1.807) is 40.3 Å². The number of esters is 1. The normalized spacial score (nSPS) is 10.3. The minimum atomic E-state index is -0.418. The number of rotatable bonds is 5. The van der Waals surface area contributed by atoms with E-state index in [-0.39, 0.29) is 0 Å². The number of anilines is 1. The minimum Gasteiger partial charge on any atom is -0.497 e. The molecule has 112 valence electrons. The zero-order chi connectivity index (χ0) is 15.4. The molecule has 0 aliphatic carbocycles. The van der Waals surface area contributed by atoms with Crippen molar-refractivity contribution in [1.82, 2.24) is 4.98 Å². The number of ether oxygens (including phenoxy) is 3. The van der Waals surface area contributed by atoms with Crippen molar-refractivity contribution < 1.29 is 19.0 Å². The summed E-state index contributed by atoms with van der Waals surface area (Å²) in [4.78, 5) is 16.3. The molecule has 1 N–H and O–H groups in total. The predicted octanol–water partition coefficient (Wildman–Crippen LogP) is 2.47. The van der Waals surface area contributed by atoms with Crippen molar-refractivity contribution in [3.05, 3.63) is 23.9 Å². The first-order valence-corrected chi connectivity index (χ1v) is 6.55. The van der Waals surface area contributed by atoms with Gasteiger partial charge in [-0.2, -0.15) is 0 Å². The molecule has 6 nitrogen and oxygen atoms in total. The second-order valence-corrected chi connectivity index (χ2v) is 4.24. The lowest BCUT2D eigenvalue weighted by Crippen LogP contribution is -2.09. The average Bonchev–Trinajstić information content (AvgIpc) is 2.52. The van der Waals surface area contributed by atoms with Crippen molar-refractivity contribution in [2.75, 3.05) is 33.2 Å². The summed E-state index contributed by atoms with van der Waals surface area (Å²) >= 11 is 0. The number of hydrogen-bond donors (Lipinski definition) is 1. The van der Waals surface area contributed by atoms with Crippen LogP contribution in [0.3, 0.4) is 0 Å². The summed E-state index contributed by atoms with van der Waals surface area (Å²) in [6.45, 7) is 2.07. The molecule has 0 atom stereocenters. The first-order chi connectivity index (χ1) is 10.2. The second-order valence-electron chi connectivity index (χ2n) is 4.24. The van der Waals surface area contributed by atoms with Crippen LogP contribution in [-0.4, -0.2) is 38.8 Å². The Morgan fingerprint density at radius 3 is 2.62 bits per heavy atom. The van der Waals surface area contributed by atoms with Crippen LogP contribution >= 0.6 is 0 Å². The van der Waals surface area contributed by atoms with E-state index in [0.717, 1.165) is 5.39 Å². The average molecular weight is 290 g/mol. The number of carbonyl (C=O) groups excluding carboxylic acids is 1. The Balaban J connectivity index is 2.73. The number of methoxy groups -OCH3 is 2. The zero-order valence-electron chi connectivity index (χ0n) is 12.5. The Hall–Kier alpha value is -2.50. The molecule has 21 heavy (non-hydrogen) atoms. The van der Waals surface area contributed by atoms with E-state index >= 15 is 0 Å². The van der Waals surface area contributed by atoms with E-state index in [9.17, 15) is 4.79 Å². The van der Waals surface area contributed by atoms with Crippen molar-refractivity contribution in [3.8, 4) is 11.5 Å². The second kappa shape index (κ2) is 6.30. The molecule has 2 aromatic rings. The standard InChI is InChI=1S/C15H18N2O4/c1-5-21-15(18)11-8-17-14-10(13(11)16-2)6-9(19-3)7-12(14)20-4/h6-8H,5H2,1-4H3,(H,16,17). The van der Waals surface area contributed by atoms with Gasteiger partial charge < -0.3 is 19.5 Å². The van der Waals surface area contributed by atoms with Crippen molar-refractivity contribution in [3.63, 3.8) is 0 Å². The van der Waals surface area contributed by atoms with E-state index < -0.39 is 5.97 Å². The number of aromatic nitrogens is 1. The first kappa shape index (κ1) is 14.9. The van der Waals surface area contributed by atoms with Crippen LogP contribution in [0.2, 0.25) is 0 Å².